The molecule has 0 spiro atoms. The van der Waals surface area contributed by atoms with Crippen LogP contribution in [0.15, 0.2) is 41.8 Å². The fourth-order valence-electron chi connectivity index (χ4n) is 2.23. The molecule has 2 heterocycles. The number of rotatable bonds is 4. The minimum atomic E-state index is 0.108. The maximum Gasteiger partial charge on any atom is 0.0454 e. The van der Waals surface area contributed by atoms with E-state index in [1.54, 1.807) is 11.3 Å². The molecule has 0 saturated carbocycles. The van der Waals surface area contributed by atoms with Gasteiger partial charge in [0.15, 0.2) is 0 Å². The first-order chi connectivity index (χ1) is 9.26. The van der Waals surface area contributed by atoms with Crippen LogP contribution in [0.3, 0.4) is 0 Å². The summed E-state index contributed by atoms with van der Waals surface area (Å²) in [6.07, 6.45) is 2.01. The van der Waals surface area contributed by atoms with Crippen molar-refractivity contribution >= 4 is 32.1 Å². The van der Waals surface area contributed by atoms with Crippen molar-refractivity contribution in [1.82, 2.24) is 0 Å². The highest BCUT2D eigenvalue weighted by atomic mass is 32.1. The van der Waals surface area contributed by atoms with Crippen molar-refractivity contribution in [1.29, 1.82) is 0 Å². The van der Waals surface area contributed by atoms with Crippen molar-refractivity contribution < 1.29 is 0 Å². The minimum absolute atomic E-state index is 0.108. The SMILES string of the molecule is CCc1ccc(CC(N)c2cc3sccc3s2)cc1. The molecule has 3 rings (SSSR count). The van der Waals surface area contributed by atoms with E-state index in [0.717, 1.165) is 12.8 Å². The predicted molar refractivity (Wildman–Crippen MR) is 86.2 cm³/mol. The standard InChI is InChI=1S/C16H17NS2/c1-2-11-3-5-12(6-4-11)9-13(17)15-10-16-14(19-15)7-8-18-16/h3-8,10,13H,2,9,17H2,1H3. The molecule has 2 N–H and O–H groups in total. The van der Waals surface area contributed by atoms with E-state index in [1.807, 2.05) is 11.3 Å². The van der Waals surface area contributed by atoms with Gasteiger partial charge in [0.1, 0.15) is 0 Å². The molecule has 2 aromatic heterocycles. The summed E-state index contributed by atoms with van der Waals surface area (Å²) in [7, 11) is 0. The van der Waals surface area contributed by atoms with E-state index in [1.165, 1.54) is 25.4 Å². The molecule has 0 aliphatic carbocycles. The average molecular weight is 287 g/mol. The van der Waals surface area contributed by atoms with E-state index >= 15 is 0 Å². The first-order valence-electron chi connectivity index (χ1n) is 6.56. The molecule has 1 unspecified atom stereocenters. The van der Waals surface area contributed by atoms with Crippen LogP contribution in [0.5, 0.6) is 0 Å². The number of aryl methyl sites for hydroxylation is 1. The van der Waals surface area contributed by atoms with Gasteiger partial charge in [0, 0.05) is 20.3 Å². The Hall–Kier alpha value is -1.16. The molecular formula is C16H17NS2. The van der Waals surface area contributed by atoms with Crippen molar-refractivity contribution in [3.05, 3.63) is 57.8 Å². The second kappa shape index (κ2) is 5.45. The van der Waals surface area contributed by atoms with Gasteiger partial charge in [0.25, 0.3) is 0 Å². The molecule has 98 valence electrons. The van der Waals surface area contributed by atoms with Crippen LogP contribution >= 0.6 is 22.7 Å². The molecule has 3 aromatic rings. The van der Waals surface area contributed by atoms with E-state index in [0.29, 0.717) is 0 Å². The van der Waals surface area contributed by atoms with Crippen LogP contribution in [0, 0.1) is 0 Å². The maximum absolute atomic E-state index is 6.34. The third-order valence-electron chi connectivity index (χ3n) is 3.41. The van der Waals surface area contributed by atoms with E-state index < -0.39 is 0 Å². The Bertz CT molecular complexity index is 635. The Balaban J connectivity index is 1.76. The van der Waals surface area contributed by atoms with E-state index in [2.05, 4.69) is 48.7 Å². The van der Waals surface area contributed by atoms with Gasteiger partial charge < -0.3 is 5.73 Å². The second-order valence-corrected chi connectivity index (χ2v) is 6.84. The van der Waals surface area contributed by atoms with Crippen LogP contribution in [0.2, 0.25) is 0 Å². The zero-order valence-electron chi connectivity index (χ0n) is 10.9. The Morgan fingerprint density at radius 2 is 1.79 bits per heavy atom. The van der Waals surface area contributed by atoms with Crippen LogP contribution in [-0.2, 0) is 12.8 Å². The quantitative estimate of drug-likeness (QED) is 0.735. The van der Waals surface area contributed by atoms with Crippen molar-refractivity contribution in [2.45, 2.75) is 25.8 Å². The third-order valence-corrected chi connectivity index (χ3v) is 5.64. The molecule has 0 radical (unpaired) electrons. The fourth-order valence-corrected chi connectivity index (χ4v) is 4.35. The topological polar surface area (TPSA) is 26.0 Å². The fraction of sp³-hybridized carbons (Fsp3) is 0.250. The summed E-state index contributed by atoms with van der Waals surface area (Å²) in [5.74, 6) is 0. The van der Waals surface area contributed by atoms with Gasteiger partial charge in [-0.2, -0.15) is 0 Å². The summed E-state index contributed by atoms with van der Waals surface area (Å²) in [5.41, 5.74) is 9.04. The summed E-state index contributed by atoms with van der Waals surface area (Å²) < 4.78 is 2.72. The van der Waals surface area contributed by atoms with Gasteiger partial charge >= 0.3 is 0 Å². The van der Waals surface area contributed by atoms with Crippen molar-refractivity contribution in [2.24, 2.45) is 5.73 Å². The van der Waals surface area contributed by atoms with Gasteiger partial charge in [0.05, 0.1) is 0 Å². The average Bonchev–Trinajstić information content (AvgIpc) is 3.00. The monoisotopic (exact) mass is 287 g/mol. The van der Waals surface area contributed by atoms with Crippen LogP contribution in [0.4, 0.5) is 0 Å². The van der Waals surface area contributed by atoms with Crippen molar-refractivity contribution in [3.63, 3.8) is 0 Å². The lowest BCUT2D eigenvalue weighted by Crippen LogP contribution is -2.11. The lowest BCUT2D eigenvalue weighted by molar-refractivity contribution is 0.737. The van der Waals surface area contributed by atoms with Gasteiger partial charge in [-0.25, -0.2) is 0 Å². The van der Waals surface area contributed by atoms with Gasteiger partial charge in [-0.1, -0.05) is 31.2 Å². The molecule has 0 aliphatic heterocycles. The summed E-state index contributed by atoms with van der Waals surface area (Å²) in [5, 5.41) is 2.14. The Morgan fingerprint density at radius 3 is 2.47 bits per heavy atom. The number of hydrogen-bond acceptors (Lipinski definition) is 3. The highest BCUT2D eigenvalue weighted by Gasteiger charge is 2.11. The molecule has 1 nitrogen and oxygen atoms in total. The normalized spacial score (nSPS) is 12.9. The number of fused-ring (bicyclic) bond motifs is 1. The Kier molecular flexibility index (Phi) is 3.69. The largest absolute Gasteiger partial charge is 0.323 e. The molecule has 0 aliphatic rings. The van der Waals surface area contributed by atoms with Crippen molar-refractivity contribution in [2.75, 3.05) is 0 Å². The van der Waals surface area contributed by atoms with E-state index in [9.17, 15) is 0 Å². The molecule has 0 bridgehead atoms. The molecule has 1 aromatic carbocycles. The zero-order valence-corrected chi connectivity index (χ0v) is 12.6. The van der Waals surface area contributed by atoms with Crippen molar-refractivity contribution in [3.8, 4) is 0 Å². The molecule has 19 heavy (non-hydrogen) atoms. The summed E-state index contributed by atoms with van der Waals surface area (Å²) in [6, 6.07) is 13.3. The van der Waals surface area contributed by atoms with Gasteiger partial charge in [0.2, 0.25) is 0 Å². The van der Waals surface area contributed by atoms with Crippen LogP contribution < -0.4 is 5.73 Å². The number of nitrogens with two attached hydrogens (primary N) is 1. The lowest BCUT2D eigenvalue weighted by Gasteiger charge is -2.10. The molecular weight excluding hydrogens is 270 g/mol. The summed E-state index contributed by atoms with van der Waals surface area (Å²) in [4.78, 5) is 1.29. The molecule has 1 atom stereocenters. The minimum Gasteiger partial charge on any atom is -0.323 e. The Labute approximate surface area is 121 Å². The first kappa shape index (κ1) is 12.9. The number of hydrogen-bond donors (Lipinski definition) is 1. The first-order valence-corrected chi connectivity index (χ1v) is 8.26. The highest BCUT2D eigenvalue weighted by Crippen LogP contribution is 2.33. The number of thiophene rings is 2. The maximum atomic E-state index is 6.34. The molecule has 0 fully saturated rings. The van der Waals surface area contributed by atoms with Crippen LogP contribution in [-0.4, -0.2) is 0 Å². The van der Waals surface area contributed by atoms with Crippen LogP contribution in [0.1, 0.15) is 29.0 Å². The highest BCUT2D eigenvalue weighted by molar-refractivity contribution is 7.26. The summed E-state index contributed by atoms with van der Waals surface area (Å²) >= 11 is 3.62. The molecule has 0 amide bonds. The predicted octanol–water partition coefficient (Wildman–Crippen LogP) is 4.77. The lowest BCUT2D eigenvalue weighted by atomic mass is 10.0. The number of benzene rings is 1. The second-order valence-electron chi connectivity index (χ2n) is 4.78. The van der Waals surface area contributed by atoms with Gasteiger partial charge in [-0.05, 0) is 41.5 Å². The van der Waals surface area contributed by atoms with Gasteiger partial charge in [-0.3, -0.25) is 0 Å². The zero-order chi connectivity index (χ0) is 13.2. The molecule has 0 saturated heterocycles. The van der Waals surface area contributed by atoms with Gasteiger partial charge in [-0.15, -0.1) is 22.7 Å². The summed E-state index contributed by atoms with van der Waals surface area (Å²) in [6.45, 7) is 2.18. The van der Waals surface area contributed by atoms with Crippen LogP contribution in [0.25, 0.3) is 9.40 Å². The smallest absolute Gasteiger partial charge is 0.0454 e. The Morgan fingerprint density at radius 1 is 1.05 bits per heavy atom. The van der Waals surface area contributed by atoms with E-state index in [-0.39, 0.29) is 6.04 Å². The third kappa shape index (κ3) is 2.73. The molecule has 3 heteroatoms. The van der Waals surface area contributed by atoms with E-state index in [4.69, 9.17) is 5.73 Å².